The van der Waals surface area contributed by atoms with E-state index in [1.165, 1.54) is 6.20 Å². The Bertz CT molecular complexity index is 485. The molecule has 104 valence electrons. The van der Waals surface area contributed by atoms with Crippen LogP contribution in [0.25, 0.3) is 0 Å². The maximum atomic E-state index is 11.0. The second-order valence-corrected chi connectivity index (χ2v) is 5.31. The first kappa shape index (κ1) is 13.5. The molecule has 1 fully saturated rings. The van der Waals surface area contributed by atoms with Crippen LogP contribution in [0.4, 0.5) is 17.5 Å². The van der Waals surface area contributed by atoms with Crippen LogP contribution >= 0.6 is 0 Å². The number of hydrogen-bond acceptors (Lipinski definition) is 6. The van der Waals surface area contributed by atoms with Gasteiger partial charge in [-0.05, 0) is 24.2 Å². The fraction of sp³-hybridized carbons (Fsp3) is 0.667. The van der Waals surface area contributed by atoms with Crippen molar-refractivity contribution in [2.75, 3.05) is 24.2 Å². The van der Waals surface area contributed by atoms with Crippen LogP contribution in [0, 0.1) is 21.4 Å². The SMILES string of the molecule is CNc1ncc([N+](=O)[O-])c(NCC2(C(C)C)CC2)n1. The Morgan fingerprint density at radius 1 is 1.53 bits per heavy atom. The molecule has 7 heteroatoms. The normalized spacial score (nSPS) is 16.2. The van der Waals surface area contributed by atoms with Gasteiger partial charge in [-0.25, -0.2) is 4.98 Å². The monoisotopic (exact) mass is 265 g/mol. The molecule has 0 unspecified atom stereocenters. The highest BCUT2D eigenvalue weighted by molar-refractivity contribution is 5.57. The molecule has 1 aliphatic rings. The van der Waals surface area contributed by atoms with Crippen molar-refractivity contribution in [3.63, 3.8) is 0 Å². The van der Waals surface area contributed by atoms with Gasteiger partial charge in [0, 0.05) is 13.6 Å². The highest BCUT2D eigenvalue weighted by Crippen LogP contribution is 2.51. The molecule has 7 nitrogen and oxygen atoms in total. The molecule has 0 saturated heterocycles. The van der Waals surface area contributed by atoms with E-state index in [2.05, 4.69) is 34.4 Å². The zero-order chi connectivity index (χ0) is 14.0. The van der Waals surface area contributed by atoms with Gasteiger partial charge in [-0.3, -0.25) is 10.1 Å². The maximum absolute atomic E-state index is 11.0. The number of nitro groups is 1. The van der Waals surface area contributed by atoms with E-state index in [1.807, 2.05) is 0 Å². The van der Waals surface area contributed by atoms with Gasteiger partial charge in [-0.15, -0.1) is 0 Å². The third-order valence-corrected chi connectivity index (χ3v) is 3.91. The Kier molecular flexibility index (Phi) is 3.55. The fourth-order valence-electron chi connectivity index (χ4n) is 2.14. The molecule has 0 spiro atoms. The quantitative estimate of drug-likeness (QED) is 0.605. The molecule has 0 atom stereocenters. The molecule has 0 aromatic carbocycles. The average molecular weight is 265 g/mol. The van der Waals surface area contributed by atoms with Gasteiger partial charge < -0.3 is 10.6 Å². The van der Waals surface area contributed by atoms with Gasteiger partial charge in [0.25, 0.3) is 0 Å². The Morgan fingerprint density at radius 2 is 2.21 bits per heavy atom. The van der Waals surface area contributed by atoms with Crippen molar-refractivity contribution in [3.8, 4) is 0 Å². The largest absolute Gasteiger partial charge is 0.364 e. The third kappa shape index (κ3) is 2.74. The molecule has 2 N–H and O–H groups in total. The Morgan fingerprint density at radius 3 is 2.68 bits per heavy atom. The van der Waals surface area contributed by atoms with Crippen LogP contribution in [0.2, 0.25) is 0 Å². The maximum Gasteiger partial charge on any atom is 0.329 e. The van der Waals surface area contributed by atoms with Gasteiger partial charge in [-0.1, -0.05) is 13.8 Å². The molecule has 0 bridgehead atoms. The van der Waals surface area contributed by atoms with E-state index in [0.717, 1.165) is 12.8 Å². The Labute approximate surface area is 112 Å². The van der Waals surface area contributed by atoms with Crippen molar-refractivity contribution in [2.45, 2.75) is 26.7 Å². The van der Waals surface area contributed by atoms with Crippen molar-refractivity contribution in [2.24, 2.45) is 11.3 Å². The first-order valence-corrected chi connectivity index (χ1v) is 6.41. The van der Waals surface area contributed by atoms with E-state index in [9.17, 15) is 10.1 Å². The summed E-state index contributed by atoms with van der Waals surface area (Å²) in [5.74, 6) is 1.23. The highest BCUT2D eigenvalue weighted by Gasteiger charge is 2.45. The van der Waals surface area contributed by atoms with E-state index >= 15 is 0 Å². The van der Waals surface area contributed by atoms with Crippen molar-refractivity contribution in [1.29, 1.82) is 0 Å². The van der Waals surface area contributed by atoms with Crippen LogP contribution in [0.15, 0.2) is 6.20 Å². The van der Waals surface area contributed by atoms with Crippen LogP contribution in [0.5, 0.6) is 0 Å². The van der Waals surface area contributed by atoms with E-state index in [0.29, 0.717) is 18.4 Å². The first-order chi connectivity index (χ1) is 8.98. The number of aromatic nitrogens is 2. The molecule has 1 aromatic rings. The predicted molar refractivity (Wildman–Crippen MR) is 73.2 cm³/mol. The number of rotatable bonds is 6. The van der Waals surface area contributed by atoms with Crippen molar-refractivity contribution >= 4 is 17.5 Å². The van der Waals surface area contributed by atoms with Gasteiger partial charge in [0.2, 0.25) is 11.8 Å². The number of nitrogens with zero attached hydrogens (tertiary/aromatic N) is 3. The summed E-state index contributed by atoms with van der Waals surface area (Å²) in [6.45, 7) is 5.08. The lowest BCUT2D eigenvalue weighted by atomic mass is 9.92. The van der Waals surface area contributed by atoms with E-state index in [4.69, 9.17) is 0 Å². The fourth-order valence-corrected chi connectivity index (χ4v) is 2.14. The predicted octanol–water partition coefficient (Wildman–Crippen LogP) is 2.27. The summed E-state index contributed by atoms with van der Waals surface area (Å²) in [5, 5.41) is 16.9. The summed E-state index contributed by atoms with van der Waals surface area (Å²) in [5.41, 5.74) is 0.178. The van der Waals surface area contributed by atoms with E-state index < -0.39 is 4.92 Å². The zero-order valence-corrected chi connectivity index (χ0v) is 11.4. The van der Waals surface area contributed by atoms with Crippen LogP contribution in [-0.2, 0) is 0 Å². The van der Waals surface area contributed by atoms with Gasteiger partial charge in [0.15, 0.2) is 0 Å². The summed E-state index contributed by atoms with van der Waals surface area (Å²) >= 11 is 0. The summed E-state index contributed by atoms with van der Waals surface area (Å²) < 4.78 is 0. The van der Waals surface area contributed by atoms with Gasteiger partial charge in [0.1, 0.15) is 6.20 Å². The molecule has 1 aromatic heterocycles. The summed E-state index contributed by atoms with van der Waals surface area (Å²) in [7, 11) is 1.68. The lowest BCUT2D eigenvalue weighted by molar-refractivity contribution is -0.384. The molecule has 1 heterocycles. The molecular formula is C12H19N5O2. The zero-order valence-electron chi connectivity index (χ0n) is 11.4. The average Bonchev–Trinajstić information content (AvgIpc) is 3.17. The molecule has 1 saturated carbocycles. The molecule has 1 aliphatic carbocycles. The summed E-state index contributed by atoms with van der Waals surface area (Å²) in [4.78, 5) is 18.5. The molecule has 0 amide bonds. The van der Waals surface area contributed by atoms with Gasteiger partial charge in [-0.2, -0.15) is 4.98 Å². The minimum Gasteiger partial charge on any atom is -0.364 e. The topological polar surface area (TPSA) is 93.0 Å². The standard InChI is InChI=1S/C12H19N5O2/c1-8(2)12(4-5-12)7-15-10-9(17(18)19)6-14-11(13-3)16-10/h6,8H,4-5,7H2,1-3H3,(H2,13,14,15,16). The van der Waals surface area contributed by atoms with Gasteiger partial charge in [0.05, 0.1) is 4.92 Å². The van der Waals surface area contributed by atoms with Gasteiger partial charge >= 0.3 is 5.69 Å². The lowest BCUT2D eigenvalue weighted by Gasteiger charge is -2.20. The third-order valence-electron chi connectivity index (χ3n) is 3.91. The van der Waals surface area contributed by atoms with Crippen LogP contribution < -0.4 is 10.6 Å². The second-order valence-electron chi connectivity index (χ2n) is 5.31. The smallest absolute Gasteiger partial charge is 0.329 e. The molecule has 2 rings (SSSR count). The van der Waals surface area contributed by atoms with E-state index in [-0.39, 0.29) is 16.9 Å². The number of anilines is 2. The Balaban J connectivity index is 2.16. The number of hydrogen-bond donors (Lipinski definition) is 2. The van der Waals surface area contributed by atoms with Crippen molar-refractivity contribution in [3.05, 3.63) is 16.3 Å². The van der Waals surface area contributed by atoms with Crippen molar-refractivity contribution < 1.29 is 4.92 Å². The summed E-state index contributed by atoms with van der Waals surface area (Å²) in [6.07, 6.45) is 3.56. The molecular weight excluding hydrogens is 246 g/mol. The molecule has 19 heavy (non-hydrogen) atoms. The second kappa shape index (κ2) is 4.99. The lowest BCUT2D eigenvalue weighted by Crippen LogP contribution is -2.22. The van der Waals surface area contributed by atoms with Crippen LogP contribution in [0.1, 0.15) is 26.7 Å². The van der Waals surface area contributed by atoms with E-state index in [1.54, 1.807) is 7.05 Å². The first-order valence-electron chi connectivity index (χ1n) is 6.41. The van der Waals surface area contributed by atoms with Crippen LogP contribution in [0.3, 0.4) is 0 Å². The molecule has 0 aliphatic heterocycles. The Hall–Kier alpha value is -1.92. The highest BCUT2D eigenvalue weighted by atomic mass is 16.6. The minimum absolute atomic E-state index is 0.0847. The minimum atomic E-state index is -0.462. The van der Waals surface area contributed by atoms with Crippen molar-refractivity contribution in [1.82, 2.24) is 9.97 Å². The summed E-state index contributed by atoms with van der Waals surface area (Å²) in [6, 6.07) is 0. The van der Waals surface area contributed by atoms with Crippen LogP contribution in [-0.4, -0.2) is 28.5 Å². The number of nitrogens with one attached hydrogen (secondary N) is 2. The molecule has 0 radical (unpaired) electrons.